The predicted octanol–water partition coefficient (Wildman–Crippen LogP) is 3.17. The van der Waals surface area contributed by atoms with E-state index in [0.29, 0.717) is 19.3 Å². The molecule has 0 bridgehead atoms. The van der Waals surface area contributed by atoms with Crippen LogP contribution in [-0.4, -0.2) is 25.3 Å². The molecule has 0 aliphatic rings. The highest BCUT2D eigenvalue weighted by atomic mass is 16.5. The van der Waals surface area contributed by atoms with Crippen molar-refractivity contribution in [3.63, 3.8) is 0 Å². The third-order valence-corrected chi connectivity index (χ3v) is 2.66. The molecule has 0 saturated carbocycles. The maximum absolute atomic E-state index is 11.3. The van der Waals surface area contributed by atoms with Crippen molar-refractivity contribution in [3.05, 3.63) is 0 Å². The molecule has 0 radical (unpaired) electrons. The third kappa shape index (κ3) is 6.83. The topological polar surface area (TPSA) is 35.5 Å². The van der Waals surface area contributed by atoms with Gasteiger partial charge >= 0.3 is 5.97 Å². The van der Waals surface area contributed by atoms with Gasteiger partial charge in [0.25, 0.3) is 0 Å². The third-order valence-electron chi connectivity index (χ3n) is 2.66. The molecule has 0 aromatic heterocycles. The van der Waals surface area contributed by atoms with Crippen LogP contribution in [0.2, 0.25) is 0 Å². The van der Waals surface area contributed by atoms with E-state index in [9.17, 15) is 4.79 Å². The summed E-state index contributed by atoms with van der Waals surface area (Å²) in [5.74, 6) is -0.172. The summed E-state index contributed by atoms with van der Waals surface area (Å²) < 4.78 is 10.7. The van der Waals surface area contributed by atoms with Crippen molar-refractivity contribution in [2.45, 2.75) is 59.5 Å². The highest BCUT2D eigenvalue weighted by molar-refractivity contribution is 5.71. The molecule has 96 valence electrons. The minimum Gasteiger partial charge on any atom is -0.466 e. The number of carbonyl (C=O) groups excluding carboxylic acids is 1. The Bertz CT molecular complexity index is 180. The molecule has 0 amide bonds. The first-order valence-corrected chi connectivity index (χ1v) is 6.43. The molecule has 0 aliphatic heterocycles. The molecule has 0 N–H and O–H groups in total. The molecule has 0 aliphatic carbocycles. The van der Waals surface area contributed by atoms with Crippen LogP contribution in [0.4, 0.5) is 0 Å². The van der Waals surface area contributed by atoms with E-state index in [2.05, 4.69) is 13.8 Å². The molecule has 0 spiro atoms. The molecule has 0 saturated heterocycles. The van der Waals surface area contributed by atoms with Crippen molar-refractivity contribution in [2.24, 2.45) is 5.92 Å². The Hall–Kier alpha value is -0.570. The first-order valence-electron chi connectivity index (χ1n) is 6.43. The Kier molecular flexibility index (Phi) is 9.30. The quantitative estimate of drug-likeness (QED) is 0.571. The normalized spacial score (nSPS) is 14.5. The molecular weight excluding hydrogens is 204 g/mol. The highest BCUT2D eigenvalue weighted by Gasteiger charge is 2.14. The van der Waals surface area contributed by atoms with Crippen LogP contribution in [0, 0.1) is 5.92 Å². The Balaban J connectivity index is 3.66. The monoisotopic (exact) mass is 230 g/mol. The zero-order valence-electron chi connectivity index (χ0n) is 11.1. The number of hydrogen-bond acceptors (Lipinski definition) is 3. The van der Waals surface area contributed by atoms with Crippen LogP contribution in [0.1, 0.15) is 53.4 Å². The summed E-state index contributed by atoms with van der Waals surface area (Å²) in [4.78, 5) is 11.3. The zero-order valence-corrected chi connectivity index (χ0v) is 11.1. The van der Waals surface area contributed by atoms with Gasteiger partial charge in [0.15, 0.2) is 0 Å². The van der Waals surface area contributed by atoms with E-state index in [1.54, 1.807) is 0 Å². The van der Waals surface area contributed by atoms with Gasteiger partial charge in [-0.25, -0.2) is 0 Å². The summed E-state index contributed by atoms with van der Waals surface area (Å²) in [5, 5.41) is 0. The van der Waals surface area contributed by atoms with Gasteiger partial charge in [-0.3, -0.25) is 4.79 Å². The van der Waals surface area contributed by atoms with Gasteiger partial charge in [0.1, 0.15) is 0 Å². The standard InChI is InChI=1S/C13H26O3/c1-5-8-12(6-2)16-10-9-11(4)13(14)15-7-3/h11-12H,5-10H2,1-4H3/t11-,12?/m1/s1. The van der Waals surface area contributed by atoms with Crippen molar-refractivity contribution >= 4 is 5.97 Å². The van der Waals surface area contributed by atoms with Crippen molar-refractivity contribution in [1.82, 2.24) is 0 Å². The second-order valence-corrected chi connectivity index (χ2v) is 4.13. The summed E-state index contributed by atoms with van der Waals surface area (Å²) >= 11 is 0. The second kappa shape index (κ2) is 9.64. The summed E-state index contributed by atoms with van der Waals surface area (Å²) in [6.45, 7) is 9.12. The van der Waals surface area contributed by atoms with E-state index in [4.69, 9.17) is 9.47 Å². The van der Waals surface area contributed by atoms with Crippen LogP contribution in [0.15, 0.2) is 0 Å². The summed E-state index contributed by atoms with van der Waals surface area (Å²) in [5.41, 5.74) is 0. The first kappa shape index (κ1) is 15.4. The number of esters is 1. The molecule has 2 atom stereocenters. The van der Waals surface area contributed by atoms with Crippen LogP contribution in [0.25, 0.3) is 0 Å². The van der Waals surface area contributed by atoms with Gasteiger partial charge in [0.05, 0.1) is 18.6 Å². The maximum Gasteiger partial charge on any atom is 0.308 e. The van der Waals surface area contributed by atoms with E-state index in [1.165, 1.54) is 0 Å². The van der Waals surface area contributed by atoms with Crippen molar-refractivity contribution < 1.29 is 14.3 Å². The fourth-order valence-corrected chi connectivity index (χ4v) is 1.54. The zero-order chi connectivity index (χ0) is 12.4. The lowest BCUT2D eigenvalue weighted by Crippen LogP contribution is -2.19. The Labute approximate surface area is 99.5 Å². The molecule has 1 unspecified atom stereocenters. The number of ether oxygens (including phenoxy) is 2. The highest BCUT2D eigenvalue weighted by Crippen LogP contribution is 2.10. The van der Waals surface area contributed by atoms with Gasteiger partial charge in [0.2, 0.25) is 0 Å². The molecule has 3 heteroatoms. The fourth-order valence-electron chi connectivity index (χ4n) is 1.54. The minimum atomic E-state index is -0.116. The molecule has 0 heterocycles. The van der Waals surface area contributed by atoms with Gasteiger partial charge in [-0.1, -0.05) is 27.2 Å². The summed E-state index contributed by atoms with van der Waals surface area (Å²) in [7, 11) is 0. The van der Waals surface area contributed by atoms with E-state index >= 15 is 0 Å². The van der Waals surface area contributed by atoms with Gasteiger partial charge in [0, 0.05) is 6.61 Å². The molecule has 0 fully saturated rings. The van der Waals surface area contributed by atoms with Gasteiger partial charge in [-0.05, 0) is 26.2 Å². The van der Waals surface area contributed by atoms with Crippen molar-refractivity contribution in [3.8, 4) is 0 Å². The SMILES string of the molecule is CCCC(CC)OCC[C@@H](C)C(=O)OCC. The average Bonchev–Trinajstić information content (AvgIpc) is 2.28. The predicted molar refractivity (Wildman–Crippen MR) is 65.4 cm³/mol. The average molecular weight is 230 g/mol. The first-order chi connectivity index (χ1) is 7.65. The fraction of sp³-hybridized carbons (Fsp3) is 0.923. The van der Waals surface area contributed by atoms with Gasteiger partial charge < -0.3 is 9.47 Å². The Morgan fingerprint density at radius 2 is 1.88 bits per heavy atom. The Morgan fingerprint density at radius 3 is 2.38 bits per heavy atom. The smallest absolute Gasteiger partial charge is 0.308 e. The van der Waals surface area contributed by atoms with E-state index in [-0.39, 0.29) is 11.9 Å². The van der Waals surface area contributed by atoms with Crippen LogP contribution < -0.4 is 0 Å². The minimum absolute atomic E-state index is 0.0564. The van der Waals surface area contributed by atoms with Crippen LogP contribution >= 0.6 is 0 Å². The largest absolute Gasteiger partial charge is 0.466 e. The molecule has 0 rings (SSSR count). The van der Waals surface area contributed by atoms with Crippen LogP contribution in [0.3, 0.4) is 0 Å². The lowest BCUT2D eigenvalue weighted by molar-refractivity contribution is -0.148. The second-order valence-electron chi connectivity index (χ2n) is 4.13. The van der Waals surface area contributed by atoms with E-state index in [0.717, 1.165) is 25.7 Å². The van der Waals surface area contributed by atoms with E-state index < -0.39 is 0 Å². The van der Waals surface area contributed by atoms with Crippen LogP contribution in [0.5, 0.6) is 0 Å². The van der Waals surface area contributed by atoms with E-state index in [1.807, 2.05) is 13.8 Å². The lowest BCUT2D eigenvalue weighted by atomic mass is 10.1. The van der Waals surface area contributed by atoms with Crippen molar-refractivity contribution in [2.75, 3.05) is 13.2 Å². The van der Waals surface area contributed by atoms with Crippen molar-refractivity contribution in [1.29, 1.82) is 0 Å². The lowest BCUT2D eigenvalue weighted by Gasteiger charge is -2.16. The van der Waals surface area contributed by atoms with Crippen LogP contribution in [-0.2, 0) is 14.3 Å². The summed E-state index contributed by atoms with van der Waals surface area (Å²) in [6, 6.07) is 0. The van der Waals surface area contributed by atoms with Gasteiger partial charge in [-0.15, -0.1) is 0 Å². The van der Waals surface area contributed by atoms with Gasteiger partial charge in [-0.2, -0.15) is 0 Å². The molecule has 0 aromatic rings. The molecule has 3 nitrogen and oxygen atoms in total. The maximum atomic E-state index is 11.3. The number of hydrogen-bond donors (Lipinski definition) is 0. The molecule has 16 heavy (non-hydrogen) atoms. The number of carbonyl (C=O) groups is 1. The Morgan fingerprint density at radius 1 is 1.19 bits per heavy atom. The molecular formula is C13H26O3. The molecule has 0 aromatic carbocycles. The summed E-state index contributed by atoms with van der Waals surface area (Å²) in [6.07, 6.45) is 4.39. The number of rotatable bonds is 9.